The molecule has 2 rings (SSSR count). The Morgan fingerprint density at radius 3 is 2.50 bits per heavy atom. The molecular formula is C14H19NO5. The highest BCUT2D eigenvalue weighted by atomic mass is 16.5. The minimum absolute atomic E-state index is 0.0298. The zero-order valence-electron chi connectivity index (χ0n) is 11.9. The van der Waals surface area contributed by atoms with E-state index in [1.54, 1.807) is 11.8 Å². The lowest BCUT2D eigenvalue weighted by Gasteiger charge is -2.35. The van der Waals surface area contributed by atoms with Crippen LogP contribution in [0.25, 0.3) is 0 Å². The summed E-state index contributed by atoms with van der Waals surface area (Å²) in [6.45, 7) is 6.57. The summed E-state index contributed by atoms with van der Waals surface area (Å²) in [4.78, 5) is 25.1. The van der Waals surface area contributed by atoms with Gasteiger partial charge in [0.2, 0.25) is 0 Å². The standard InChI is InChI=1S/C14H19NO5/c1-8-7-19-11(4-12(16)17)13(8)14(18)15-5-9(2)20-10(3)6-15/h7,9-10H,4-6H2,1-3H3,(H,16,17)/t9-,10+. The van der Waals surface area contributed by atoms with Gasteiger partial charge in [0.25, 0.3) is 5.91 Å². The van der Waals surface area contributed by atoms with E-state index in [1.807, 2.05) is 13.8 Å². The molecule has 6 nitrogen and oxygen atoms in total. The van der Waals surface area contributed by atoms with Crippen molar-refractivity contribution in [3.8, 4) is 0 Å². The number of hydrogen-bond acceptors (Lipinski definition) is 4. The van der Waals surface area contributed by atoms with Crippen LogP contribution in [-0.4, -0.2) is 47.2 Å². The number of furan rings is 1. The van der Waals surface area contributed by atoms with Gasteiger partial charge in [0.15, 0.2) is 0 Å². The van der Waals surface area contributed by atoms with E-state index in [0.717, 1.165) is 0 Å². The van der Waals surface area contributed by atoms with Crippen molar-refractivity contribution >= 4 is 11.9 Å². The van der Waals surface area contributed by atoms with E-state index in [2.05, 4.69) is 0 Å². The average molecular weight is 281 g/mol. The van der Waals surface area contributed by atoms with Crippen LogP contribution in [0.5, 0.6) is 0 Å². The Hall–Kier alpha value is -1.82. The number of aliphatic carboxylic acids is 1. The van der Waals surface area contributed by atoms with Crippen molar-refractivity contribution in [3.05, 3.63) is 23.2 Å². The van der Waals surface area contributed by atoms with E-state index in [4.69, 9.17) is 14.3 Å². The molecular weight excluding hydrogens is 262 g/mol. The van der Waals surface area contributed by atoms with Crippen LogP contribution < -0.4 is 0 Å². The van der Waals surface area contributed by atoms with Gasteiger partial charge in [0, 0.05) is 18.7 Å². The summed E-state index contributed by atoms with van der Waals surface area (Å²) in [5.74, 6) is -0.988. The van der Waals surface area contributed by atoms with E-state index in [1.165, 1.54) is 6.26 Å². The second-order valence-electron chi connectivity index (χ2n) is 5.25. The Morgan fingerprint density at radius 2 is 1.95 bits per heavy atom. The summed E-state index contributed by atoms with van der Waals surface area (Å²) < 4.78 is 10.8. The first-order chi connectivity index (χ1) is 9.38. The molecule has 0 unspecified atom stereocenters. The van der Waals surface area contributed by atoms with Crippen LogP contribution >= 0.6 is 0 Å². The lowest BCUT2D eigenvalue weighted by molar-refractivity contribution is -0.136. The van der Waals surface area contributed by atoms with Crippen LogP contribution in [0.15, 0.2) is 10.7 Å². The highest BCUT2D eigenvalue weighted by Gasteiger charge is 2.30. The quantitative estimate of drug-likeness (QED) is 0.907. The van der Waals surface area contributed by atoms with Crippen LogP contribution in [-0.2, 0) is 16.0 Å². The predicted octanol–water partition coefficient (Wildman–Crippen LogP) is 1.46. The van der Waals surface area contributed by atoms with Gasteiger partial charge in [-0.15, -0.1) is 0 Å². The van der Waals surface area contributed by atoms with Crippen molar-refractivity contribution in [2.24, 2.45) is 0 Å². The van der Waals surface area contributed by atoms with Crippen molar-refractivity contribution in [1.82, 2.24) is 4.90 Å². The summed E-state index contributed by atoms with van der Waals surface area (Å²) in [7, 11) is 0. The van der Waals surface area contributed by atoms with Gasteiger partial charge in [-0.2, -0.15) is 0 Å². The Morgan fingerprint density at radius 1 is 1.35 bits per heavy atom. The maximum absolute atomic E-state index is 12.6. The Balaban J connectivity index is 2.24. The number of carboxylic acid groups (broad SMARTS) is 1. The van der Waals surface area contributed by atoms with Crippen LogP contribution in [0.1, 0.15) is 35.5 Å². The fourth-order valence-electron chi connectivity index (χ4n) is 2.55. The molecule has 0 aromatic carbocycles. The van der Waals surface area contributed by atoms with Gasteiger partial charge in [-0.3, -0.25) is 9.59 Å². The van der Waals surface area contributed by atoms with Crippen molar-refractivity contribution < 1.29 is 23.8 Å². The summed E-state index contributed by atoms with van der Waals surface area (Å²) >= 11 is 0. The van der Waals surface area contributed by atoms with Crippen LogP contribution in [0, 0.1) is 6.92 Å². The lowest BCUT2D eigenvalue weighted by atomic mass is 10.1. The Labute approximate surface area is 117 Å². The van der Waals surface area contributed by atoms with E-state index in [9.17, 15) is 9.59 Å². The van der Waals surface area contributed by atoms with E-state index in [-0.39, 0.29) is 30.3 Å². The minimum atomic E-state index is -1.02. The number of carboxylic acids is 1. The molecule has 1 aromatic rings. The molecule has 0 saturated carbocycles. The lowest BCUT2D eigenvalue weighted by Crippen LogP contribution is -2.48. The number of amides is 1. The van der Waals surface area contributed by atoms with E-state index in [0.29, 0.717) is 24.2 Å². The Bertz CT molecular complexity index is 512. The molecule has 1 aliphatic rings. The zero-order valence-corrected chi connectivity index (χ0v) is 11.9. The maximum atomic E-state index is 12.6. The molecule has 0 bridgehead atoms. The molecule has 0 spiro atoms. The van der Waals surface area contributed by atoms with E-state index >= 15 is 0 Å². The summed E-state index contributed by atoms with van der Waals surface area (Å²) in [5, 5.41) is 8.87. The molecule has 1 aliphatic heterocycles. The van der Waals surface area contributed by atoms with Crippen LogP contribution in [0.4, 0.5) is 0 Å². The van der Waals surface area contributed by atoms with Crippen molar-refractivity contribution in [1.29, 1.82) is 0 Å². The third-order valence-electron chi connectivity index (χ3n) is 3.28. The highest BCUT2D eigenvalue weighted by Crippen LogP contribution is 2.22. The second-order valence-corrected chi connectivity index (χ2v) is 5.25. The first-order valence-electron chi connectivity index (χ1n) is 6.62. The summed E-state index contributed by atoms with van der Waals surface area (Å²) in [5.41, 5.74) is 1.03. The number of carbonyl (C=O) groups excluding carboxylic acids is 1. The van der Waals surface area contributed by atoms with Crippen molar-refractivity contribution in [3.63, 3.8) is 0 Å². The predicted molar refractivity (Wildman–Crippen MR) is 70.7 cm³/mol. The summed E-state index contributed by atoms with van der Waals surface area (Å²) in [6, 6.07) is 0. The normalized spacial score (nSPS) is 22.9. The number of rotatable bonds is 3. The Kier molecular flexibility index (Phi) is 4.13. The number of aryl methyl sites for hydroxylation is 1. The first-order valence-corrected chi connectivity index (χ1v) is 6.62. The maximum Gasteiger partial charge on any atom is 0.311 e. The first kappa shape index (κ1) is 14.6. The third kappa shape index (κ3) is 3.01. The minimum Gasteiger partial charge on any atom is -0.481 e. The molecule has 6 heteroatoms. The zero-order chi connectivity index (χ0) is 14.9. The molecule has 1 amide bonds. The number of nitrogens with zero attached hydrogens (tertiary/aromatic N) is 1. The molecule has 1 N–H and O–H groups in total. The van der Waals surface area contributed by atoms with E-state index < -0.39 is 5.97 Å². The van der Waals surface area contributed by atoms with Crippen molar-refractivity contribution in [2.45, 2.75) is 39.4 Å². The molecule has 1 aromatic heterocycles. The largest absolute Gasteiger partial charge is 0.481 e. The number of carbonyl (C=O) groups is 2. The smallest absolute Gasteiger partial charge is 0.311 e. The van der Waals surface area contributed by atoms with Gasteiger partial charge < -0.3 is 19.2 Å². The molecule has 20 heavy (non-hydrogen) atoms. The number of morpholine rings is 1. The highest BCUT2D eigenvalue weighted by molar-refractivity contribution is 5.97. The van der Waals surface area contributed by atoms with Crippen LogP contribution in [0.2, 0.25) is 0 Å². The number of hydrogen-bond donors (Lipinski definition) is 1. The van der Waals surface area contributed by atoms with Gasteiger partial charge in [0.1, 0.15) is 12.2 Å². The molecule has 2 atom stereocenters. The SMILES string of the molecule is Cc1coc(CC(=O)O)c1C(=O)N1C[C@@H](C)O[C@@H](C)C1. The van der Waals surface area contributed by atoms with Gasteiger partial charge in [0.05, 0.1) is 24.0 Å². The van der Waals surface area contributed by atoms with Crippen LogP contribution in [0.3, 0.4) is 0 Å². The van der Waals surface area contributed by atoms with Gasteiger partial charge >= 0.3 is 5.97 Å². The summed E-state index contributed by atoms with van der Waals surface area (Å²) in [6.07, 6.45) is 1.08. The molecule has 0 aliphatic carbocycles. The number of ether oxygens (including phenoxy) is 1. The van der Waals surface area contributed by atoms with Crippen molar-refractivity contribution in [2.75, 3.05) is 13.1 Å². The molecule has 2 heterocycles. The molecule has 1 fully saturated rings. The van der Waals surface area contributed by atoms with Gasteiger partial charge in [-0.1, -0.05) is 0 Å². The fraction of sp³-hybridized carbons (Fsp3) is 0.571. The average Bonchev–Trinajstić information content (AvgIpc) is 2.67. The second kappa shape index (κ2) is 5.66. The topological polar surface area (TPSA) is 80.0 Å². The van der Waals surface area contributed by atoms with Gasteiger partial charge in [-0.05, 0) is 20.8 Å². The fourth-order valence-corrected chi connectivity index (χ4v) is 2.55. The monoisotopic (exact) mass is 281 g/mol. The molecule has 110 valence electrons. The third-order valence-corrected chi connectivity index (χ3v) is 3.28. The van der Waals surface area contributed by atoms with Gasteiger partial charge in [-0.25, -0.2) is 0 Å². The molecule has 0 radical (unpaired) electrons. The molecule has 1 saturated heterocycles.